The second-order valence-electron chi connectivity index (χ2n) is 7.69. The van der Waals surface area contributed by atoms with Gasteiger partial charge in [0.15, 0.2) is 0 Å². The summed E-state index contributed by atoms with van der Waals surface area (Å²) < 4.78 is 5.31. The average molecular weight is 381 g/mol. The summed E-state index contributed by atoms with van der Waals surface area (Å²) in [4.78, 5) is 24.6. The maximum absolute atomic E-state index is 12.4. The largest absolute Gasteiger partial charge is 0.479 e. The molecule has 2 N–H and O–H groups in total. The number of aliphatic carboxylic acids is 1. The highest BCUT2D eigenvalue weighted by Crippen LogP contribution is 2.21. The number of amides is 1. The van der Waals surface area contributed by atoms with Crippen molar-refractivity contribution in [2.75, 3.05) is 0 Å². The second kappa shape index (κ2) is 9.22. The van der Waals surface area contributed by atoms with E-state index in [0.717, 1.165) is 11.1 Å². The molecular formula is C23H27NO4. The molecule has 2 aromatic carbocycles. The molecule has 5 heteroatoms. The number of ether oxygens (including phenoxy) is 1. The summed E-state index contributed by atoms with van der Waals surface area (Å²) in [6.07, 6.45) is 3.12. The molecule has 28 heavy (non-hydrogen) atoms. The van der Waals surface area contributed by atoms with E-state index in [1.165, 1.54) is 0 Å². The average Bonchev–Trinajstić information content (AvgIpc) is 2.61. The molecule has 5 nitrogen and oxygen atoms in total. The Hall–Kier alpha value is -3.08. The Morgan fingerprint density at radius 2 is 1.57 bits per heavy atom. The number of carbonyl (C=O) groups is 2. The number of nitrogens with one attached hydrogen (secondary N) is 1. The first-order valence-corrected chi connectivity index (χ1v) is 9.20. The summed E-state index contributed by atoms with van der Waals surface area (Å²) in [6.45, 7) is 5.21. The van der Waals surface area contributed by atoms with Crippen molar-refractivity contribution in [3.8, 4) is 0 Å². The molecule has 0 aliphatic rings. The summed E-state index contributed by atoms with van der Waals surface area (Å²) in [5.74, 6) is -1.11. The van der Waals surface area contributed by atoms with Gasteiger partial charge < -0.3 is 15.2 Å². The van der Waals surface area contributed by atoms with Crippen molar-refractivity contribution in [1.82, 2.24) is 5.32 Å². The van der Waals surface area contributed by atoms with Crippen LogP contribution in [-0.4, -0.2) is 28.3 Å². The highest BCUT2D eigenvalue weighted by Gasteiger charge is 2.40. The summed E-state index contributed by atoms with van der Waals surface area (Å²) in [5.41, 5.74) is -0.469. The van der Waals surface area contributed by atoms with Crippen LogP contribution in [0.3, 0.4) is 0 Å². The van der Waals surface area contributed by atoms with Crippen LogP contribution in [0.1, 0.15) is 38.3 Å². The Balaban J connectivity index is 2.29. The first-order chi connectivity index (χ1) is 13.2. The SMILES string of the molecule is CC(C)(C)OC(=O)N[C@@](C/C=C/c1ccccc1)(Cc1ccccc1)C(=O)O. The van der Waals surface area contributed by atoms with E-state index in [2.05, 4.69) is 5.32 Å². The fourth-order valence-corrected chi connectivity index (χ4v) is 2.79. The van der Waals surface area contributed by atoms with E-state index in [1.54, 1.807) is 26.8 Å². The topological polar surface area (TPSA) is 75.6 Å². The lowest BCUT2D eigenvalue weighted by Crippen LogP contribution is -2.56. The van der Waals surface area contributed by atoms with Crippen LogP contribution < -0.4 is 5.32 Å². The minimum absolute atomic E-state index is 0.116. The van der Waals surface area contributed by atoms with E-state index >= 15 is 0 Å². The van der Waals surface area contributed by atoms with Crippen LogP contribution in [0, 0.1) is 0 Å². The van der Waals surface area contributed by atoms with Crippen LogP contribution in [0.4, 0.5) is 4.79 Å². The third-order valence-electron chi connectivity index (χ3n) is 4.07. The van der Waals surface area contributed by atoms with Crippen LogP contribution in [0.15, 0.2) is 66.7 Å². The Labute approximate surface area is 166 Å². The molecule has 0 saturated heterocycles. The quantitative estimate of drug-likeness (QED) is 0.730. The first kappa shape index (κ1) is 21.2. The van der Waals surface area contributed by atoms with E-state index in [9.17, 15) is 14.7 Å². The zero-order valence-corrected chi connectivity index (χ0v) is 16.5. The van der Waals surface area contributed by atoms with Gasteiger partial charge >= 0.3 is 12.1 Å². The van der Waals surface area contributed by atoms with Gasteiger partial charge in [0.25, 0.3) is 0 Å². The molecule has 0 radical (unpaired) electrons. The number of carbonyl (C=O) groups excluding carboxylic acids is 1. The Morgan fingerprint density at radius 3 is 2.11 bits per heavy atom. The normalized spacial score (nSPS) is 13.7. The lowest BCUT2D eigenvalue weighted by Gasteiger charge is -2.31. The highest BCUT2D eigenvalue weighted by atomic mass is 16.6. The molecule has 2 rings (SSSR count). The van der Waals surface area contributed by atoms with Crippen LogP contribution in [0.25, 0.3) is 6.08 Å². The van der Waals surface area contributed by atoms with Crippen molar-refractivity contribution in [1.29, 1.82) is 0 Å². The van der Waals surface area contributed by atoms with Gasteiger partial charge in [-0.25, -0.2) is 9.59 Å². The van der Waals surface area contributed by atoms with E-state index < -0.39 is 23.2 Å². The summed E-state index contributed by atoms with van der Waals surface area (Å²) in [6, 6.07) is 18.8. The molecule has 0 aliphatic carbocycles. The second-order valence-corrected chi connectivity index (χ2v) is 7.69. The number of benzene rings is 2. The Bertz CT molecular complexity index is 810. The van der Waals surface area contributed by atoms with Crippen LogP contribution in [-0.2, 0) is 16.0 Å². The van der Waals surface area contributed by atoms with E-state index in [-0.39, 0.29) is 12.8 Å². The molecule has 0 aromatic heterocycles. The molecule has 0 spiro atoms. The van der Waals surface area contributed by atoms with Crippen molar-refractivity contribution in [3.05, 3.63) is 77.9 Å². The van der Waals surface area contributed by atoms with Gasteiger partial charge in [0.2, 0.25) is 0 Å². The molecular weight excluding hydrogens is 354 g/mol. The van der Waals surface area contributed by atoms with E-state index in [4.69, 9.17) is 4.74 Å². The molecule has 0 aliphatic heterocycles. The molecule has 1 atom stereocenters. The van der Waals surface area contributed by atoms with Gasteiger partial charge in [0.1, 0.15) is 11.1 Å². The lowest BCUT2D eigenvalue weighted by molar-refractivity contribution is -0.144. The third kappa shape index (κ3) is 6.58. The van der Waals surface area contributed by atoms with Crippen molar-refractivity contribution in [2.24, 2.45) is 0 Å². The molecule has 0 fully saturated rings. The number of hydrogen-bond acceptors (Lipinski definition) is 3. The summed E-state index contributed by atoms with van der Waals surface area (Å²) in [5, 5.41) is 12.6. The predicted octanol–water partition coefficient (Wildman–Crippen LogP) is 4.68. The highest BCUT2D eigenvalue weighted by molar-refractivity contribution is 5.85. The fraction of sp³-hybridized carbons (Fsp3) is 0.304. The van der Waals surface area contributed by atoms with Gasteiger partial charge in [-0.2, -0.15) is 0 Å². The van der Waals surface area contributed by atoms with E-state index in [0.29, 0.717) is 0 Å². The molecule has 0 bridgehead atoms. The van der Waals surface area contributed by atoms with Crippen molar-refractivity contribution < 1.29 is 19.4 Å². The van der Waals surface area contributed by atoms with Gasteiger partial charge in [0, 0.05) is 6.42 Å². The smallest absolute Gasteiger partial charge is 0.408 e. The van der Waals surface area contributed by atoms with Gasteiger partial charge in [-0.05, 0) is 38.3 Å². The van der Waals surface area contributed by atoms with Crippen LogP contribution in [0.2, 0.25) is 0 Å². The van der Waals surface area contributed by atoms with Crippen LogP contribution >= 0.6 is 0 Å². The van der Waals surface area contributed by atoms with Crippen molar-refractivity contribution in [3.63, 3.8) is 0 Å². The van der Waals surface area contributed by atoms with Gasteiger partial charge in [-0.3, -0.25) is 0 Å². The fourth-order valence-electron chi connectivity index (χ4n) is 2.79. The number of carboxylic acids is 1. The zero-order valence-electron chi connectivity index (χ0n) is 16.5. The summed E-state index contributed by atoms with van der Waals surface area (Å²) in [7, 11) is 0. The van der Waals surface area contributed by atoms with Crippen molar-refractivity contribution in [2.45, 2.75) is 44.8 Å². The summed E-state index contributed by atoms with van der Waals surface area (Å²) >= 11 is 0. The minimum Gasteiger partial charge on any atom is -0.479 e. The number of rotatable bonds is 7. The van der Waals surface area contributed by atoms with E-state index in [1.807, 2.05) is 66.7 Å². The maximum atomic E-state index is 12.4. The molecule has 148 valence electrons. The van der Waals surface area contributed by atoms with Crippen molar-refractivity contribution >= 4 is 18.1 Å². The molecule has 0 saturated carbocycles. The lowest BCUT2D eigenvalue weighted by atomic mass is 9.87. The predicted molar refractivity (Wildman–Crippen MR) is 110 cm³/mol. The molecule has 1 amide bonds. The van der Waals surface area contributed by atoms with Crippen LogP contribution in [0.5, 0.6) is 0 Å². The van der Waals surface area contributed by atoms with Gasteiger partial charge in [0.05, 0.1) is 0 Å². The zero-order chi connectivity index (χ0) is 20.6. The maximum Gasteiger partial charge on any atom is 0.408 e. The molecule has 2 aromatic rings. The standard InChI is InChI=1S/C23H27NO4/c1-22(2,3)28-21(27)24-23(20(25)26,17-19-13-8-5-9-14-19)16-10-15-18-11-6-4-7-12-18/h4-15H,16-17H2,1-3H3,(H,24,27)(H,25,26)/b15-10+/t23-/m0/s1. The number of alkyl carbamates (subject to hydrolysis) is 1. The Morgan fingerprint density at radius 1 is 1.00 bits per heavy atom. The van der Waals surface area contributed by atoms with Gasteiger partial charge in [-0.15, -0.1) is 0 Å². The molecule has 0 unspecified atom stereocenters. The Kier molecular flexibility index (Phi) is 6.99. The first-order valence-electron chi connectivity index (χ1n) is 9.20. The third-order valence-corrected chi connectivity index (χ3v) is 4.07. The van der Waals surface area contributed by atoms with Gasteiger partial charge in [-0.1, -0.05) is 72.8 Å². The number of carboxylic acid groups (broad SMARTS) is 1. The number of hydrogen-bond donors (Lipinski definition) is 2. The molecule has 0 heterocycles. The minimum atomic E-state index is -1.52. The monoisotopic (exact) mass is 381 g/mol.